The van der Waals surface area contributed by atoms with E-state index in [-0.39, 0.29) is 11.6 Å². The highest BCUT2D eigenvalue weighted by molar-refractivity contribution is 6.03. The zero-order valence-corrected chi connectivity index (χ0v) is 16.8. The van der Waals surface area contributed by atoms with Gasteiger partial charge in [0.2, 0.25) is 0 Å². The Morgan fingerprint density at radius 3 is 2.45 bits per heavy atom. The molecule has 2 aromatic carbocycles. The van der Waals surface area contributed by atoms with E-state index in [0.717, 1.165) is 13.1 Å². The molecule has 1 heterocycles. The minimum Gasteiger partial charge on any atom is -0.497 e. The summed E-state index contributed by atoms with van der Waals surface area (Å²) in [4.78, 5) is 23.4. The van der Waals surface area contributed by atoms with Gasteiger partial charge in [-0.25, -0.2) is 9.97 Å². The van der Waals surface area contributed by atoms with E-state index in [1.54, 1.807) is 31.5 Å². The zero-order valence-electron chi connectivity index (χ0n) is 16.8. The molecule has 0 fully saturated rings. The van der Waals surface area contributed by atoms with Crippen molar-refractivity contribution in [3.05, 3.63) is 72.2 Å². The molecule has 1 amide bonds. The van der Waals surface area contributed by atoms with Crippen molar-refractivity contribution in [2.45, 2.75) is 13.5 Å². The highest BCUT2D eigenvalue weighted by Crippen LogP contribution is 2.29. The first kappa shape index (κ1) is 20.1. The van der Waals surface area contributed by atoms with Crippen molar-refractivity contribution >= 4 is 17.4 Å². The van der Waals surface area contributed by atoms with Crippen LogP contribution in [0.3, 0.4) is 0 Å². The van der Waals surface area contributed by atoms with Gasteiger partial charge in [0, 0.05) is 19.2 Å². The van der Waals surface area contributed by atoms with Crippen molar-refractivity contribution < 1.29 is 14.3 Å². The highest BCUT2D eigenvalue weighted by atomic mass is 16.5. The van der Waals surface area contributed by atoms with Gasteiger partial charge in [-0.15, -0.1) is 0 Å². The van der Waals surface area contributed by atoms with Gasteiger partial charge in [-0.2, -0.15) is 0 Å². The SMILES string of the molecule is CCN(Cc1ccccc1)c1cnc(C(=O)Nc2cc(OC)ccc2OC)cn1. The molecule has 3 aromatic rings. The molecule has 3 rings (SSSR count). The van der Waals surface area contributed by atoms with Gasteiger partial charge in [-0.3, -0.25) is 4.79 Å². The molecule has 0 aliphatic rings. The maximum Gasteiger partial charge on any atom is 0.275 e. The number of amides is 1. The lowest BCUT2D eigenvalue weighted by atomic mass is 10.2. The lowest BCUT2D eigenvalue weighted by molar-refractivity contribution is 0.102. The van der Waals surface area contributed by atoms with E-state index >= 15 is 0 Å². The molecule has 0 unspecified atom stereocenters. The van der Waals surface area contributed by atoms with Crippen molar-refractivity contribution in [3.63, 3.8) is 0 Å². The predicted octanol–water partition coefficient (Wildman–Crippen LogP) is 3.77. The van der Waals surface area contributed by atoms with E-state index < -0.39 is 0 Å². The van der Waals surface area contributed by atoms with E-state index in [0.29, 0.717) is 23.0 Å². The fourth-order valence-corrected chi connectivity index (χ4v) is 2.86. The normalized spacial score (nSPS) is 10.3. The van der Waals surface area contributed by atoms with Gasteiger partial charge in [-0.1, -0.05) is 30.3 Å². The second-order valence-corrected chi connectivity index (χ2v) is 6.28. The summed E-state index contributed by atoms with van der Waals surface area (Å²) in [5.74, 6) is 1.49. The van der Waals surface area contributed by atoms with E-state index in [1.807, 2.05) is 18.2 Å². The average molecular weight is 392 g/mol. The molecule has 7 heteroatoms. The first-order valence-corrected chi connectivity index (χ1v) is 9.29. The molecule has 0 radical (unpaired) electrons. The molecule has 0 bridgehead atoms. The van der Waals surface area contributed by atoms with Crippen LogP contribution in [-0.2, 0) is 6.54 Å². The molecule has 29 heavy (non-hydrogen) atoms. The van der Waals surface area contributed by atoms with E-state index in [9.17, 15) is 4.79 Å². The van der Waals surface area contributed by atoms with Crippen LogP contribution in [0.2, 0.25) is 0 Å². The van der Waals surface area contributed by atoms with Crippen LogP contribution < -0.4 is 19.7 Å². The van der Waals surface area contributed by atoms with Crippen LogP contribution >= 0.6 is 0 Å². The number of carbonyl (C=O) groups excluding carboxylic acids is 1. The van der Waals surface area contributed by atoms with Crippen molar-refractivity contribution in [1.82, 2.24) is 9.97 Å². The molecular formula is C22H24N4O3. The van der Waals surface area contributed by atoms with Crippen molar-refractivity contribution in [3.8, 4) is 11.5 Å². The van der Waals surface area contributed by atoms with Crippen LogP contribution in [0, 0.1) is 0 Å². The zero-order chi connectivity index (χ0) is 20.6. The smallest absolute Gasteiger partial charge is 0.275 e. The molecular weight excluding hydrogens is 368 g/mol. The fraction of sp³-hybridized carbons (Fsp3) is 0.227. The Hall–Kier alpha value is -3.61. The molecule has 0 aliphatic heterocycles. The molecule has 0 aliphatic carbocycles. The van der Waals surface area contributed by atoms with Gasteiger partial charge in [0.25, 0.3) is 5.91 Å². The summed E-state index contributed by atoms with van der Waals surface area (Å²) >= 11 is 0. The molecule has 1 N–H and O–H groups in total. The summed E-state index contributed by atoms with van der Waals surface area (Å²) in [6.07, 6.45) is 3.09. The number of nitrogens with zero attached hydrogens (tertiary/aromatic N) is 3. The highest BCUT2D eigenvalue weighted by Gasteiger charge is 2.14. The predicted molar refractivity (Wildman–Crippen MR) is 113 cm³/mol. The quantitative estimate of drug-likeness (QED) is 0.629. The van der Waals surface area contributed by atoms with Crippen LogP contribution in [0.15, 0.2) is 60.9 Å². The summed E-state index contributed by atoms with van der Waals surface area (Å²) in [5, 5.41) is 2.79. The third-order valence-electron chi connectivity index (χ3n) is 4.45. The Morgan fingerprint density at radius 1 is 1.03 bits per heavy atom. The van der Waals surface area contributed by atoms with Crippen LogP contribution in [0.5, 0.6) is 11.5 Å². The number of carbonyl (C=O) groups is 1. The van der Waals surface area contributed by atoms with Crippen molar-refractivity contribution in [2.75, 3.05) is 31.0 Å². The minimum atomic E-state index is -0.373. The number of aromatic nitrogens is 2. The number of ether oxygens (including phenoxy) is 2. The Bertz CT molecular complexity index is 946. The largest absolute Gasteiger partial charge is 0.497 e. The maximum absolute atomic E-state index is 12.6. The lowest BCUT2D eigenvalue weighted by Gasteiger charge is -2.21. The summed E-state index contributed by atoms with van der Waals surface area (Å²) in [5.41, 5.74) is 1.90. The van der Waals surface area contributed by atoms with Crippen LogP contribution in [0.1, 0.15) is 23.0 Å². The van der Waals surface area contributed by atoms with Gasteiger partial charge in [0.05, 0.1) is 32.3 Å². The second-order valence-electron chi connectivity index (χ2n) is 6.28. The number of methoxy groups -OCH3 is 2. The minimum absolute atomic E-state index is 0.217. The van der Waals surface area contributed by atoms with Gasteiger partial charge < -0.3 is 19.7 Å². The van der Waals surface area contributed by atoms with Crippen LogP contribution in [0.4, 0.5) is 11.5 Å². The number of anilines is 2. The molecule has 0 saturated carbocycles. The standard InChI is InChI=1S/C22H24N4O3/c1-4-26(15-16-8-6-5-7-9-16)21-14-23-19(13-24-21)22(27)25-18-12-17(28-2)10-11-20(18)29-3/h5-14H,4,15H2,1-3H3,(H,25,27). The average Bonchev–Trinajstić information content (AvgIpc) is 2.78. The summed E-state index contributed by atoms with van der Waals surface area (Å²) in [7, 11) is 3.10. The Labute approximate surface area is 170 Å². The molecule has 7 nitrogen and oxygen atoms in total. The Balaban J connectivity index is 1.73. The maximum atomic E-state index is 12.6. The number of rotatable bonds is 8. The lowest BCUT2D eigenvalue weighted by Crippen LogP contribution is -2.24. The third-order valence-corrected chi connectivity index (χ3v) is 4.45. The monoisotopic (exact) mass is 392 g/mol. The Morgan fingerprint density at radius 2 is 1.83 bits per heavy atom. The first-order chi connectivity index (χ1) is 14.1. The van der Waals surface area contributed by atoms with Gasteiger partial charge in [-0.05, 0) is 24.6 Å². The van der Waals surface area contributed by atoms with E-state index in [1.165, 1.54) is 18.9 Å². The molecule has 0 atom stereocenters. The number of hydrogen-bond donors (Lipinski definition) is 1. The van der Waals surface area contributed by atoms with Gasteiger partial charge in [0.15, 0.2) is 0 Å². The molecule has 150 valence electrons. The molecule has 0 saturated heterocycles. The molecule has 1 aromatic heterocycles. The topological polar surface area (TPSA) is 76.6 Å². The van der Waals surface area contributed by atoms with Crippen LogP contribution in [0.25, 0.3) is 0 Å². The van der Waals surface area contributed by atoms with E-state index in [2.05, 4.69) is 39.2 Å². The van der Waals surface area contributed by atoms with E-state index in [4.69, 9.17) is 9.47 Å². The summed E-state index contributed by atoms with van der Waals surface area (Å²) < 4.78 is 10.5. The first-order valence-electron chi connectivity index (χ1n) is 9.29. The number of benzene rings is 2. The van der Waals surface area contributed by atoms with Gasteiger partial charge in [0.1, 0.15) is 23.0 Å². The molecule has 0 spiro atoms. The number of nitrogens with one attached hydrogen (secondary N) is 1. The van der Waals surface area contributed by atoms with Crippen molar-refractivity contribution in [1.29, 1.82) is 0 Å². The fourth-order valence-electron chi connectivity index (χ4n) is 2.86. The Kier molecular flexibility index (Phi) is 6.63. The number of hydrogen-bond acceptors (Lipinski definition) is 6. The van der Waals surface area contributed by atoms with Gasteiger partial charge >= 0.3 is 0 Å². The third kappa shape index (κ3) is 5.01. The van der Waals surface area contributed by atoms with Crippen LogP contribution in [-0.4, -0.2) is 36.6 Å². The summed E-state index contributed by atoms with van der Waals surface area (Å²) in [6, 6.07) is 15.3. The summed E-state index contributed by atoms with van der Waals surface area (Å²) in [6.45, 7) is 3.55. The van der Waals surface area contributed by atoms with Crippen molar-refractivity contribution in [2.24, 2.45) is 0 Å². The second kappa shape index (κ2) is 9.54.